The van der Waals surface area contributed by atoms with Crippen molar-refractivity contribution in [3.05, 3.63) is 84.6 Å². The van der Waals surface area contributed by atoms with Crippen LogP contribution in [0.15, 0.2) is 24.3 Å². The maximum atomic E-state index is 6.14. The molecule has 1 aliphatic carbocycles. The van der Waals surface area contributed by atoms with Crippen LogP contribution in [0, 0.1) is 33.8 Å². The molecule has 1 aliphatic rings. The summed E-state index contributed by atoms with van der Waals surface area (Å²) in [5.74, 6) is 0. The predicted molar refractivity (Wildman–Crippen MR) is 137 cm³/mol. The van der Waals surface area contributed by atoms with Crippen LogP contribution in [-0.2, 0) is 56.4 Å². The van der Waals surface area contributed by atoms with Crippen LogP contribution >= 0.6 is 11.3 Å². The van der Waals surface area contributed by atoms with Gasteiger partial charge in [0, 0.05) is 55.7 Å². The van der Waals surface area contributed by atoms with E-state index in [1.165, 1.54) is 63.1 Å². The molecule has 0 atom stereocenters. The van der Waals surface area contributed by atoms with Crippen molar-refractivity contribution in [1.82, 2.24) is 0 Å². The Morgan fingerprint density at radius 1 is 0.844 bits per heavy atom. The van der Waals surface area contributed by atoms with E-state index in [1.54, 1.807) is 10.4 Å². The molecular weight excluding hydrogens is 480 g/mol. The Bertz CT molecular complexity index is 1140. The van der Waals surface area contributed by atoms with Crippen LogP contribution in [0.3, 0.4) is 0 Å². The average molecular weight is 514 g/mol. The van der Waals surface area contributed by atoms with Crippen molar-refractivity contribution in [2.24, 2.45) is 0 Å². The molecule has 0 saturated carbocycles. The van der Waals surface area contributed by atoms with E-state index in [-0.39, 0.29) is 43.5 Å². The molecule has 0 bridgehead atoms. The van der Waals surface area contributed by atoms with Crippen LogP contribution in [0.25, 0.3) is 0 Å². The minimum Gasteiger partial charge on any atom is -0.194 e. The molecule has 0 nitrogen and oxygen atoms in total. The molecule has 1 aromatic heterocycles. The Labute approximate surface area is 225 Å². The molecule has 163 valence electrons. The van der Waals surface area contributed by atoms with E-state index in [2.05, 4.69) is 79.7 Å². The summed E-state index contributed by atoms with van der Waals surface area (Å²) in [4.78, 5) is 3.12. The monoisotopic (exact) mass is 514 g/mol. The molecule has 0 spiro atoms. The van der Waals surface area contributed by atoms with Gasteiger partial charge in [-0.2, -0.15) is 28.7 Å². The molecule has 3 radical (unpaired) electrons. The van der Waals surface area contributed by atoms with Gasteiger partial charge in [-0.15, -0.1) is 16.9 Å². The van der Waals surface area contributed by atoms with Gasteiger partial charge < -0.3 is 0 Å². The summed E-state index contributed by atoms with van der Waals surface area (Å²) in [6.45, 7) is 18.3. The van der Waals surface area contributed by atoms with Crippen LogP contribution in [0.4, 0.5) is 0 Å². The molecule has 0 saturated heterocycles. The van der Waals surface area contributed by atoms with E-state index in [4.69, 9.17) is 7.85 Å². The van der Waals surface area contributed by atoms with Crippen LogP contribution in [-0.4, -0.2) is 7.85 Å². The SMILES string of the molecule is [B]c1c[c-]c(C(C)(C)c2ccc(C(C)(C)c3cc4c(s3)CCC4)c(C)c2C)c(C)c1C.[Y]. The van der Waals surface area contributed by atoms with Gasteiger partial charge in [0.25, 0.3) is 0 Å². The van der Waals surface area contributed by atoms with E-state index >= 15 is 0 Å². The van der Waals surface area contributed by atoms with E-state index in [1.807, 2.05) is 17.4 Å². The zero-order chi connectivity index (χ0) is 22.7. The van der Waals surface area contributed by atoms with Gasteiger partial charge in [-0.25, -0.2) is 0 Å². The van der Waals surface area contributed by atoms with Gasteiger partial charge in [-0.05, 0) is 72.4 Å². The van der Waals surface area contributed by atoms with E-state index in [9.17, 15) is 0 Å². The van der Waals surface area contributed by atoms with Crippen molar-refractivity contribution in [1.29, 1.82) is 0 Å². The molecule has 2 aromatic carbocycles. The van der Waals surface area contributed by atoms with Crippen molar-refractivity contribution in [2.75, 3.05) is 0 Å². The van der Waals surface area contributed by atoms with Gasteiger partial charge in [0.2, 0.25) is 0 Å². The Balaban J connectivity index is 0.00000289. The topological polar surface area (TPSA) is 0 Å². The third kappa shape index (κ3) is 4.14. The molecule has 0 N–H and O–H groups in total. The molecular formula is C29H34BSY-. The average Bonchev–Trinajstić information content (AvgIpc) is 3.30. The smallest absolute Gasteiger partial charge is 0.0243 e. The molecule has 3 aromatic rings. The van der Waals surface area contributed by atoms with Crippen molar-refractivity contribution in [2.45, 2.75) is 85.5 Å². The summed E-state index contributed by atoms with van der Waals surface area (Å²) in [6.07, 6.45) is 3.84. The maximum Gasteiger partial charge on any atom is 0.0243 e. The van der Waals surface area contributed by atoms with Crippen LogP contribution in [0.1, 0.15) is 88.4 Å². The van der Waals surface area contributed by atoms with E-state index in [0.29, 0.717) is 0 Å². The van der Waals surface area contributed by atoms with E-state index in [0.717, 1.165) is 5.46 Å². The minimum atomic E-state index is -0.135. The summed E-state index contributed by atoms with van der Waals surface area (Å²) in [5.41, 5.74) is 11.6. The van der Waals surface area contributed by atoms with Crippen LogP contribution < -0.4 is 5.46 Å². The number of benzene rings is 2. The van der Waals surface area contributed by atoms with Crippen LogP contribution in [0.2, 0.25) is 0 Å². The molecule has 0 aliphatic heterocycles. The van der Waals surface area contributed by atoms with Crippen LogP contribution in [0.5, 0.6) is 0 Å². The second kappa shape index (κ2) is 9.16. The molecule has 1 heterocycles. The second-order valence-corrected chi connectivity index (χ2v) is 11.6. The standard InChI is InChI=1S/C29H34BS.Y/c1-17-18(2)24(29(7,8)27-16-21-10-9-11-26(21)31-27)13-12-22(17)28(5,6)23-14-15-25(30)20(4)19(23)3;/h12-13,15-16H,9-11H2,1-8H3;/q-1;. The zero-order valence-corrected chi connectivity index (χ0v) is 24.6. The first-order valence-corrected chi connectivity index (χ1v) is 12.3. The third-order valence-electron chi connectivity index (χ3n) is 7.86. The summed E-state index contributed by atoms with van der Waals surface area (Å²) in [5, 5.41) is 0. The van der Waals surface area contributed by atoms with Gasteiger partial charge >= 0.3 is 0 Å². The Hall–Kier alpha value is -0.691. The molecule has 3 heteroatoms. The third-order valence-corrected chi connectivity index (χ3v) is 9.42. The maximum absolute atomic E-state index is 6.14. The van der Waals surface area contributed by atoms with Crippen molar-refractivity contribution in [3.8, 4) is 0 Å². The summed E-state index contributed by atoms with van der Waals surface area (Å²) in [6, 6.07) is 12.7. The normalized spacial score (nSPS) is 13.8. The van der Waals surface area contributed by atoms with Gasteiger partial charge in [0.1, 0.15) is 0 Å². The van der Waals surface area contributed by atoms with Crippen molar-refractivity contribution >= 4 is 24.6 Å². The molecule has 0 fully saturated rings. The molecule has 0 amide bonds. The number of hydrogen-bond donors (Lipinski definition) is 0. The second-order valence-electron chi connectivity index (χ2n) is 10.4. The van der Waals surface area contributed by atoms with Gasteiger partial charge in [0.05, 0.1) is 0 Å². The number of aryl methyl sites for hydroxylation is 2. The minimum absolute atomic E-state index is 0. The Morgan fingerprint density at radius 2 is 1.44 bits per heavy atom. The first-order chi connectivity index (χ1) is 14.5. The summed E-state index contributed by atoms with van der Waals surface area (Å²) >= 11 is 2.03. The number of hydrogen-bond acceptors (Lipinski definition) is 1. The fraction of sp³-hybridized carbons (Fsp3) is 0.448. The quantitative estimate of drug-likeness (QED) is 0.268. The summed E-state index contributed by atoms with van der Waals surface area (Å²) < 4.78 is 0. The van der Waals surface area contributed by atoms with Gasteiger partial charge in [-0.3, -0.25) is 0 Å². The summed E-state index contributed by atoms with van der Waals surface area (Å²) in [7, 11) is 6.14. The van der Waals surface area contributed by atoms with Gasteiger partial charge in [0.15, 0.2) is 0 Å². The fourth-order valence-corrected chi connectivity index (χ4v) is 6.87. The number of rotatable bonds is 4. The predicted octanol–water partition coefficient (Wildman–Crippen LogP) is 6.71. The molecule has 0 unspecified atom stereocenters. The number of fused-ring (bicyclic) bond motifs is 1. The molecule has 32 heavy (non-hydrogen) atoms. The Morgan fingerprint density at radius 3 is 2.03 bits per heavy atom. The zero-order valence-electron chi connectivity index (χ0n) is 21.0. The Kier molecular flexibility index (Phi) is 7.42. The molecule has 4 rings (SSSR count). The van der Waals surface area contributed by atoms with E-state index < -0.39 is 0 Å². The first-order valence-electron chi connectivity index (χ1n) is 11.5. The fourth-order valence-electron chi connectivity index (χ4n) is 5.50. The van der Waals surface area contributed by atoms with Gasteiger partial charge in [-0.1, -0.05) is 53.7 Å². The first kappa shape index (κ1) is 25.9. The number of thiophene rings is 1. The largest absolute Gasteiger partial charge is 0.194 e. The van der Waals surface area contributed by atoms with Crippen molar-refractivity contribution in [3.63, 3.8) is 0 Å². The van der Waals surface area contributed by atoms with Crippen molar-refractivity contribution < 1.29 is 32.7 Å².